The Labute approximate surface area is 181 Å². The number of nitrogens with zero attached hydrogens (tertiary/aromatic N) is 2. The molecule has 2 heterocycles. The largest absolute Gasteiger partial charge is 0.302 e. The number of amides is 1. The Balaban J connectivity index is 1.34. The lowest BCUT2D eigenvalue weighted by molar-refractivity contribution is -0.116. The zero-order chi connectivity index (χ0) is 21.1. The molecule has 4 rings (SSSR count). The molecule has 0 unspecified atom stereocenters. The fourth-order valence-electron chi connectivity index (χ4n) is 3.61. The fraction of sp³-hybridized carbons (Fsp3) is 0.364. The highest BCUT2D eigenvalue weighted by atomic mass is 32.2. The number of aryl methyl sites for hydroxylation is 2. The van der Waals surface area contributed by atoms with Gasteiger partial charge in [-0.05, 0) is 61.6 Å². The van der Waals surface area contributed by atoms with Crippen LogP contribution < -0.4 is 5.32 Å². The van der Waals surface area contributed by atoms with Gasteiger partial charge in [0.15, 0.2) is 5.13 Å². The Morgan fingerprint density at radius 1 is 1.10 bits per heavy atom. The Hall–Kier alpha value is -2.29. The molecule has 0 radical (unpaired) electrons. The van der Waals surface area contributed by atoms with Crippen LogP contribution in [0, 0.1) is 6.92 Å². The van der Waals surface area contributed by atoms with Crippen LogP contribution >= 0.6 is 11.3 Å². The van der Waals surface area contributed by atoms with E-state index in [-0.39, 0.29) is 5.91 Å². The minimum Gasteiger partial charge on any atom is -0.302 e. The Morgan fingerprint density at radius 3 is 2.57 bits per heavy atom. The Kier molecular flexibility index (Phi) is 6.17. The summed E-state index contributed by atoms with van der Waals surface area (Å²) in [5.41, 5.74) is 2.98. The number of anilines is 1. The Morgan fingerprint density at radius 2 is 1.83 bits per heavy atom. The van der Waals surface area contributed by atoms with E-state index in [0.29, 0.717) is 36.0 Å². The summed E-state index contributed by atoms with van der Waals surface area (Å²) in [7, 11) is -3.42. The van der Waals surface area contributed by atoms with Crippen molar-refractivity contribution in [3.63, 3.8) is 0 Å². The number of sulfonamides is 1. The van der Waals surface area contributed by atoms with E-state index < -0.39 is 10.0 Å². The predicted molar refractivity (Wildman–Crippen MR) is 120 cm³/mol. The third-order valence-electron chi connectivity index (χ3n) is 5.31. The van der Waals surface area contributed by atoms with Crippen molar-refractivity contribution in [1.82, 2.24) is 9.29 Å². The molecular weight excluding hydrogens is 418 g/mol. The Bertz CT molecular complexity index is 1150. The number of piperidine rings is 1. The van der Waals surface area contributed by atoms with Gasteiger partial charge in [0.1, 0.15) is 0 Å². The normalized spacial score (nSPS) is 15.4. The average molecular weight is 444 g/mol. The molecule has 1 fully saturated rings. The third-order valence-corrected chi connectivity index (χ3v) is 8.15. The molecule has 0 bridgehead atoms. The summed E-state index contributed by atoms with van der Waals surface area (Å²) in [5.74, 6) is -0.101. The number of rotatable bonds is 6. The lowest BCUT2D eigenvalue weighted by Gasteiger charge is -2.25. The maximum absolute atomic E-state index is 12.7. The molecular formula is C22H25N3O3S2. The van der Waals surface area contributed by atoms with E-state index in [1.165, 1.54) is 11.3 Å². The summed E-state index contributed by atoms with van der Waals surface area (Å²) in [6.45, 7) is 3.21. The van der Waals surface area contributed by atoms with E-state index >= 15 is 0 Å². The first-order valence-electron chi connectivity index (χ1n) is 10.2. The highest BCUT2D eigenvalue weighted by Crippen LogP contribution is 2.27. The van der Waals surface area contributed by atoms with Crippen molar-refractivity contribution in [2.75, 3.05) is 18.4 Å². The molecule has 1 amide bonds. The van der Waals surface area contributed by atoms with Crippen LogP contribution in [0.3, 0.4) is 0 Å². The van der Waals surface area contributed by atoms with Crippen molar-refractivity contribution in [3.05, 3.63) is 53.6 Å². The third kappa shape index (κ3) is 4.71. The topological polar surface area (TPSA) is 79.4 Å². The summed E-state index contributed by atoms with van der Waals surface area (Å²) in [4.78, 5) is 17.1. The lowest BCUT2D eigenvalue weighted by Crippen LogP contribution is -2.35. The summed E-state index contributed by atoms with van der Waals surface area (Å²) in [6, 6.07) is 12.9. The number of carbonyl (C=O) groups excluding carboxylic acids is 1. The maximum Gasteiger partial charge on any atom is 0.243 e. The van der Waals surface area contributed by atoms with Gasteiger partial charge in [-0.3, -0.25) is 4.79 Å². The maximum atomic E-state index is 12.7. The first kappa shape index (κ1) is 21.0. The highest BCUT2D eigenvalue weighted by Gasteiger charge is 2.25. The van der Waals surface area contributed by atoms with Gasteiger partial charge in [-0.1, -0.05) is 36.0 Å². The fourth-order valence-corrected chi connectivity index (χ4v) is 6.10. The van der Waals surface area contributed by atoms with Crippen LogP contribution in [0.15, 0.2) is 47.4 Å². The molecule has 1 aliphatic rings. The number of thiazole rings is 1. The first-order valence-corrected chi connectivity index (χ1v) is 12.4. The van der Waals surface area contributed by atoms with Crippen LogP contribution in [-0.2, 0) is 21.2 Å². The van der Waals surface area contributed by atoms with Gasteiger partial charge in [0, 0.05) is 19.5 Å². The number of fused-ring (bicyclic) bond motifs is 1. The van der Waals surface area contributed by atoms with Gasteiger partial charge in [0.25, 0.3) is 0 Å². The standard InChI is InChI=1S/C22H25N3O3S2/c1-16-5-11-19-20(15-16)29-22(23-19)24-21(26)12-8-17-6-9-18(10-7-17)30(27,28)25-13-3-2-4-14-25/h5-7,9-11,15H,2-4,8,12-14H2,1H3,(H,23,24,26). The van der Waals surface area contributed by atoms with Crippen molar-refractivity contribution in [3.8, 4) is 0 Å². The van der Waals surface area contributed by atoms with Crippen molar-refractivity contribution in [2.45, 2.75) is 43.9 Å². The molecule has 1 aromatic heterocycles. The second kappa shape index (κ2) is 8.83. The number of hydrogen-bond donors (Lipinski definition) is 1. The molecule has 30 heavy (non-hydrogen) atoms. The number of carbonyl (C=O) groups is 1. The SMILES string of the molecule is Cc1ccc2nc(NC(=O)CCc3ccc(S(=O)(=O)N4CCCCC4)cc3)sc2c1. The van der Waals surface area contributed by atoms with Crippen LogP contribution in [0.25, 0.3) is 10.2 Å². The van der Waals surface area contributed by atoms with Gasteiger partial charge < -0.3 is 5.32 Å². The summed E-state index contributed by atoms with van der Waals surface area (Å²) in [6.07, 6.45) is 3.78. The van der Waals surface area contributed by atoms with E-state index in [0.717, 1.165) is 40.6 Å². The molecule has 0 atom stereocenters. The highest BCUT2D eigenvalue weighted by molar-refractivity contribution is 7.89. The van der Waals surface area contributed by atoms with Gasteiger partial charge in [-0.25, -0.2) is 13.4 Å². The second-order valence-corrected chi connectivity index (χ2v) is 10.6. The van der Waals surface area contributed by atoms with Crippen molar-refractivity contribution in [1.29, 1.82) is 0 Å². The number of nitrogens with one attached hydrogen (secondary N) is 1. The zero-order valence-corrected chi connectivity index (χ0v) is 18.6. The summed E-state index contributed by atoms with van der Waals surface area (Å²) < 4.78 is 28.1. The molecule has 158 valence electrons. The smallest absolute Gasteiger partial charge is 0.243 e. The molecule has 3 aromatic rings. The molecule has 0 spiro atoms. The first-order chi connectivity index (χ1) is 14.4. The predicted octanol–water partition coefficient (Wildman–Crippen LogP) is 4.35. The summed E-state index contributed by atoms with van der Waals surface area (Å²) in [5, 5.41) is 3.47. The monoisotopic (exact) mass is 443 g/mol. The molecule has 6 nitrogen and oxygen atoms in total. The van der Waals surface area contributed by atoms with E-state index in [1.807, 2.05) is 19.1 Å². The van der Waals surface area contributed by atoms with Crippen LogP contribution in [-0.4, -0.2) is 36.7 Å². The molecule has 8 heteroatoms. The second-order valence-electron chi connectivity index (χ2n) is 7.65. The van der Waals surface area contributed by atoms with Crippen LogP contribution in [0.1, 0.15) is 36.8 Å². The van der Waals surface area contributed by atoms with E-state index in [4.69, 9.17) is 0 Å². The minimum absolute atomic E-state index is 0.101. The zero-order valence-electron chi connectivity index (χ0n) is 16.9. The molecule has 2 aromatic carbocycles. The van der Waals surface area contributed by atoms with Gasteiger partial charge in [-0.15, -0.1) is 0 Å². The van der Waals surface area contributed by atoms with E-state index in [1.54, 1.807) is 28.6 Å². The van der Waals surface area contributed by atoms with Crippen molar-refractivity contribution < 1.29 is 13.2 Å². The number of aromatic nitrogens is 1. The van der Waals surface area contributed by atoms with Crippen LogP contribution in [0.5, 0.6) is 0 Å². The number of hydrogen-bond acceptors (Lipinski definition) is 5. The van der Waals surface area contributed by atoms with Crippen molar-refractivity contribution in [2.24, 2.45) is 0 Å². The average Bonchev–Trinajstić information content (AvgIpc) is 3.14. The van der Waals surface area contributed by atoms with Crippen LogP contribution in [0.4, 0.5) is 5.13 Å². The quantitative estimate of drug-likeness (QED) is 0.614. The molecule has 1 saturated heterocycles. The molecule has 0 aliphatic carbocycles. The molecule has 1 N–H and O–H groups in total. The molecule has 1 aliphatic heterocycles. The van der Waals surface area contributed by atoms with Crippen molar-refractivity contribution >= 4 is 42.6 Å². The summed E-state index contributed by atoms with van der Waals surface area (Å²) >= 11 is 1.47. The molecule has 0 saturated carbocycles. The van der Waals surface area contributed by atoms with E-state index in [9.17, 15) is 13.2 Å². The van der Waals surface area contributed by atoms with E-state index in [2.05, 4.69) is 16.4 Å². The van der Waals surface area contributed by atoms with Gasteiger partial charge >= 0.3 is 0 Å². The van der Waals surface area contributed by atoms with Gasteiger partial charge in [-0.2, -0.15) is 4.31 Å². The van der Waals surface area contributed by atoms with Gasteiger partial charge in [0.2, 0.25) is 15.9 Å². The number of benzene rings is 2. The minimum atomic E-state index is -3.42. The van der Waals surface area contributed by atoms with Crippen LogP contribution in [0.2, 0.25) is 0 Å². The van der Waals surface area contributed by atoms with Gasteiger partial charge in [0.05, 0.1) is 15.1 Å². The lowest BCUT2D eigenvalue weighted by atomic mass is 10.1.